The maximum atomic E-state index is 13.0. The lowest BCUT2D eigenvalue weighted by atomic mass is 10.1. The van der Waals surface area contributed by atoms with E-state index in [9.17, 15) is 22.4 Å². The van der Waals surface area contributed by atoms with Gasteiger partial charge in [-0.25, -0.2) is 24.0 Å². The molecule has 0 fully saturated rings. The van der Waals surface area contributed by atoms with Crippen molar-refractivity contribution < 1.29 is 22.4 Å². The topological polar surface area (TPSA) is 99.6 Å². The second-order valence-electron chi connectivity index (χ2n) is 5.63. The van der Waals surface area contributed by atoms with Gasteiger partial charge in [-0.2, -0.15) is 13.2 Å². The standard InChI is InChI=1S/C17H12F4N6O/c18-4-10-1-11(3-13(2-10)17(19,20)21)16-25-9-27(26-16)7-14(15(22)28)12-5-23-8-24-6-12/h1-3,5-9H,4H2,(H2,22,28)/b14-7+. The van der Waals surface area contributed by atoms with Crippen LogP contribution in [0.1, 0.15) is 16.7 Å². The predicted octanol–water partition coefficient (Wildman–Crippen LogP) is 2.71. The van der Waals surface area contributed by atoms with Gasteiger partial charge in [0.05, 0.1) is 11.1 Å². The summed E-state index contributed by atoms with van der Waals surface area (Å²) >= 11 is 0. The molecule has 3 rings (SSSR count). The summed E-state index contributed by atoms with van der Waals surface area (Å²) in [5.41, 5.74) is 4.51. The lowest BCUT2D eigenvalue weighted by Crippen LogP contribution is -2.14. The monoisotopic (exact) mass is 392 g/mol. The lowest BCUT2D eigenvalue weighted by Gasteiger charge is -2.09. The number of halogens is 4. The molecule has 2 N–H and O–H groups in total. The van der Waals surface area contributed by atoms with E-state index in [4.69, 9.17) is 5.73 Å². The number of hydrogen-bond acceptors (Lipinski definition) is 5. The number of nitrogens with zero attached hydrogens (tertiary/aromatic N) is 5. The Labute approximate surface area is 155 Å². The fourth-order valence-corrected chi connectivity index (χ4v) is 2.38. The number of primary amides is 1. The molecule has 3 aromatic rings. The first-order chi connectivity index (χ1) is 13.3. The van der Waals surface area contributed by atoms with E-state index in [1.807, 2.05) is 0 Å². The van der Waals surface area contributed by atoms with Gasteiger partial charge >= 0.3 is 6.18 Å². The van der Waals surface area contributed by atoms with Crippen LogP contribution in [0.3, 0.4) is 0 Å². The van der Waals surface area contributed by atoms with E-state index >= 15 is 0 Å². The number of carbonyl (C=O) groups is 1. The van der Waals surface area contributed by atoms with Gasteiger partial charge in [-0.1, -0.05) is 0 Å². The SMILES string of the molecule is NC(=O)/C(=C/n1cnc(-c2cc(CF)cc(C(F)(F)F)c2)n1)c1cncnc1. The first kappa shape index (κ1) is 19.1. The van der Waals surface area contributed by atoms with Gasteiger partial charge in [-0.15, -0.1) is 5.10 Å². The van der Waals surface area contributed by atoms with E-state index in [0.717, 1.165) is 16.8 Å². The Balaban J connectivity index is 2.01. The van der Waals surface area contributed by atoms with Gasteiger partial charge in [-0.05, 0) is 23.8 Å². The van der Waals surface area contributed by atoms with Gasteiger partial charge in [0, 0.05) is 29.7 Å². The average Bonchev–Trinajstić information content (AvgIpc) is 3.14. The summed E-state index contributed by atoms with van der Waals surface area (Å²) < 4.78 is 53.1. The highest BCUT2D eigenvalue weighted by Crippen LogP contribution is 2.33. The quantitative estimate of drug-likeness (QED) is 0.532. The van der Waals surface area contributed by atoms with E-state index in [1.165, 1.54) is 37.3 Å². The second kappa shape index (κ2) is 7.55. The maximum absolute atomic E-state index is 13.0. The zero-order valence-electron chi connectivity index (χ0n) is 14.1. The van der Waals surface area contributed by atoms with Crippen LogP contribution in [0, 0.1) is 0 Å². The molecule has 2 aromatic heterocycles. The van der Waals surface area contributed by atoms with Crippen molar-refractivity contribution in [1.29, 1.82) is 0 Å². The van der Waals surface area contributed by atoms with Gasteiger partial charge in [0.15, 0.2) is 5.82 Å². The third kappa shape index (κ3) is 4.19. The summed E-state index contributed by atoms with van der Waals surface area (Å²) in [6.45, 7) is -1.07. The Morgan fingerprint density at radius 1 is 1.18 bits per heavy atom. The summed E-state index contributed by atoms with van der Waals surface area (Å²) in [4.78, 5) is 23.2. The molecule has 0 atom stereocenters. The maximum Gasteiger partial charge on any atom is 0.416 e. The summed E-state index contributed by atoms with van der Waals surface area (Å²) in [6, 6.07) is 2.77. The number of alkyl halides is 4. The minimum absolute atomic E-state index is 0.0155. The molecule has 0 aliphatic rings. The van der Waals surface area contributed by atoms with Crippen LogP contribution in [0.25, 0.3) is 23.2 Å². The number of nitrogens with two attached hydrogens (primary N) is 1. The number of amides is 1. The molecule has 1 amide bonds. The smallest absolute Gasteiger partial charge is 0.366 e. The van der Waals surface area contributed by atoms with Gasteiger partial charge in [0.1, 0.15) is 19.3 Å². The van der Waals surface area contributed by atoms with Crippen molar-refractivity contribution in [3.8, 4) is 11.4 Å². The molecule has 11 heteroatoms. The van der Waals surface area contributed by atoms with Crippen molar-refractivity contribution in [2.45, 2.75) is 12.9 Å². The Morgan fingerprint density at radius 3 is 2.50 bits per heavy atom. The number of rotatable bonds is 5. The largest absolute Gasteiger partial charge is 0.416 e. The van der Waals surface area contributed by atoms with E-state index in [2.05, 4.69) is 20.1 Å². The van der Waals surface area contributed by atoms with Gasteiger partial charge in [-0.3, -0.25) is 4.79 Å². The summed E-state index contributed by atoms with van der Waals surface area (Å²) in [7, 11) is 0. The van der Waals surface area contributed by atoms with Crippen molar-refractivity contribution in [3.63, 3.8) is 0 Å². The number of carbonyl (C=O) groups excluding carboxylic acids is 1. The van der Waals surface area contributed by atoms with E-state index in [-0.39, 0.29) is 22.5 Å². The van der Waals surface area contributed by atoms with Crippen LogP contribution in [0.2, 0.25) is 0 Å². The molecule has 0 spiro atoms. The number of hydrogen-bond donors (Lipinski definition) is 1. The minimum Gasteiger partial charge on any atom is -0.366 e. The Kier molecular flexibility index (Phi) is 5.16. The molecule has 28 heavy (non-hydrogen) atoms. The number of benzene rings is 1. The molecule has 0 aliphatic heterocycles. The molecule has 0 aliphatic carbocycles. The molecular formula is C17H12F4N6O. The second-order valence-corrected chi connectivity index (χ2v) is 5.63. The summed E-state index contributed by atoms with van der Waals surface area (Å²) in [5, 5.41) is 4.02. The van der Waals surface area contributed by atoms with Crippen LogP contribution in [0.5, 0.6) is 0 Å². The molecule has 0 bridgehead atoms. The minimum atomic E-state index is -4.64. The lowest BCUT2D eigenvalue weighted by molar-refractivity contribution is -0.137. The Bertz CT molecular complexity index is 1030. The Morgan fingerprint density at radius 2 is 1.89 bits per heavy atom. The molecule has 7 nitrogen and oxygen atoms in total. The molecule has 0 radical (unpaired) electrons. The summed E-state index contributed by atoms with van der Waals surface area (Å²) in [6.07, 6.45) is 1.77. The van der Waals surface area contributed by atoms with E-state index < -0.39 is 24.3 Å². The van der Waals surface area contributed by atoms with Crippen LogP contribution in [0.4, 0.5) is 17.6 Å². The van der Waals surface area contributed by atoms with Crippen LogP contribution in [-0.4, -0.2) is 30.6 Å². The first-order valence-electron chi connectivity index (χ1n) is 7.73. The van der Waals surface area contributed by atoms with Crippen LogP contribution in [0.15, 0.2) is 43.2 Å². The highest BCUT2D eigenvalue weighted by atomic mass is 19.4. The van der Waals surface area contributed by atoms with Crippen LogP contribution in [-0.2, 0) is 17.6 Å². The fourth-order valence-electron chi connectivity index (χ4n) is 2.38. The zero-order valence-corrected chi connectivity index (χ0v) is 14.1. The molecular weight excluding hydrogens is 380 g/mol. The van der Waals surface area contributed by atoms with Crippen molar-refractivity contribution in [3.05, 3.63) is 59.9 Å². The third-order valence-corrected chi connectivity index (χ3v) is 3.64. The van der Waals surface area contributed by atoms with E-state index in [0.29, 0.717) is 5.56 Å². The van der Waals surface area contributed by atoms with Gasteiger partial charge < -0.3 is 5.73 Å². The van der Waals surface area contributed by atoms with Crippen molar-refractivity contribution in [2.75, 3.05) is 0 Å². The molecule has 144 valence electrons. The summed E-state index contributed by atoms with van der Waals surface area (Å²) in [5.74, 6) is -0.865. The molecule has 0 saturated carbocycles. The normalized spacial score (nSPS) is 12.2. The molecule has 1 aromatic carbocycles. The molecule has 0 saturated heterocycles. The van der Waals surface area contributed by atoms with Crippen LogP contribution < -0.4 is 5.73 Å². The fraction of sp³-hybridized carbons (Fsp3) is 0.118. The average molecular weight is 392 g/mol. The first-order valence-corrected chi connectivity index (χ1v) is 7.73. The van der Waals surface area contributed by atoms with Gasteiger partial charge in [0.2, 0.25) is 0 Å². The van der Waals surface area contributed by atoms with Crippen molar-refractivity contribution >= 4 is 17.7 Å². The van der Waals surface area contributed by atoms with Crippen molar-refractivity contribution in [1.82, 2.24) is 24.7 Å². The van der Waals surface area contributed by atoms with Gasteiger partial charge in [0.25, 0.3) is 5.91 Å². The highest BCUT2D eigenvalue weighted by Gasteiger charge is 2.31. The number of aromatic nitrogens is 5. The third-order valence-electron chi connectivity index (χ3n) is 3.64. The van der Waals surface area contributed by atoms with Crippen LogP contribution >= 0.6 is 0 Å². The molecule has 2 heterocycles. The van der Waals surface area contributed by atoms with Crippen molar-refractivity contribution in [2.24, 2.45) is 5.73 Å². The zero-order chi connectivity index (χ0) is 20.3. The van der Waals surface area contributed by atoms with E-state index in [1.54, 1.807) is 0 Å². The Hall–Kier alpha value is -3.63. The molecule has 0 unspecified atom stereocenters. The predicted molar refractivity (Wildman–Crippen MR) is 90.7 cm³/mol. The highest BCUT2D eigenvalue weighted by molar-refractivity contribution is 6.22.